The lowest BCUT2D eigenvalue weighted by Gasteiger charge is -2.28. The number of anilines is 2. The summed E-state index contributed by atoms with van der Waals surface area (Å²) in [5.74, 6) is 0.352. The molecular weight excluding hydrogens is 394 g/mol. The molecule has 1 saturated heterocycles. The Balaban J connectivity index is 1.39. The van der Waals surface area contributed by atoms with Crippen molar-refractivity contribution in [1.29, 1.82) is 0 Å². The van der Waals surface area contributed by atoms with Crippen LogP contribution in [-0.4, -0.2) is 65.7 Å². The number of para-hydroxylation sites is 3. The first-order chi connectivity index (χ1) is 15.2. The zero-order chi connectivity index (χ0) is 21.2. The molecule has 1 fully saturated rings. The van der Waals surface area contributed by atoms with Gasteiger partial charge in [-0.2, -0.15) is 0 Å². The third-order valence-corrected chi connectivity index (χ3v) is 5.86. The Hall–Kier alpha value is -3.23. The van der Waals surface area contributed by atoms with Crippen molar-refractivity contribution in [3.05, 3.63) is 54.6 Å². The van der Waals surface area contributed by atoms with E-state index in [0.717, 1.165) is 49.6 Å². The first-order valence-corrected chi connectivity index (χ1v) is 10.6. The van der Waals surface area contributed by atoms with Crippen molar-refractivity contribution in [1.82, 2.24) is 14.5 Å². The van der Waals surface area contributed by atoms with Gasteiger partial charge in [0.05, 0.1) is 30.7 Å². The van der Waals surface area contributed by atoms with E-state index in [4.69, 9.17) is 9.72 Å². The molecule has 160 valence electrons. The van der Waals surface area contributed by atoms with Gasteiger partial charge in [0.25, 0.3) is 5.91 Å². The van der Waals surface area contributed by atoms with Crippen molar-refractivity contribution < 1.29 is 14.3 Å². The van der Waals surface area contributed by atoms with E-state index in [0.29, 0.717) is 12.5 Å². The van der Waals surface area contributed by atoms with E-state index in [1.807, 2.05) is 59.2 Å². The van der Waals surface area contributed by atoms with E-state index in [9.17, 15) is 9.59 Å². The normalized spacial score (nSPS) is 19.0. The fourth-order valence-corrected chi connectivity index (χ4v) is 4.28. The highest BCUT2D eigenvalue weighted by molar-refractivity contribution is 6.05. The van der Waals surface area contributed by atoms with Crippen LogP contribution in [0.1, 0.15) is 12.5 Å². The summed E-state index contributed by atoms with van der Waals surface area (Å²) in [6.45, 7) is 4.45. The van der Waals surface area contributed by atoms with E-state index in [2.05, 4.69) is 10.2 Å². The molecule has 2 amide bonds. The molecule has 1 N–H and O–H groups in total. The minimum Gasteiger partial charge on any atom is -0.379 e. The van der Waals surface area contributed by atoms with Crippen molar-refractivity contribution in [3.63, 3.8) is 0 Å². The van der Waals surface area contributed by atoms with Crippen molar-refractivity contribution in [3.8, 4) is 0 Å². The average Bonchev–Trinajstić information content (AvgIpc) is 3.28. The van der Waals surface area contributed by atoms with E-state index in [1.165, 1.54) is 0 Å². The van der Waals surface area contributed by atoms with E-state index < -0.39 is 6.04 Å². The molecule has 0 spiro atoms. The van der Waals surface area contributed by atoms with Gasteiger partial charge in [-0.3, -0.25) is 24.0 Å². The number of benzene rings is 2. The molecule has 5 rings (SSSR count). The van der Waals surface area contributed by atoms with Crippen LogP contribution >= 0.6 is 0 Å². The van der Waals surface area contributed by atoms with Crippen molar-refractivity contribution in [2.24, 2.45) is 0 Å². The molecular formula is C23H25N5O3. The molecule has 31 heavy (non-hydrogen) atoms. The molecule has 3 heterocycles. The van der Waals surface area contributed by atoms with Gasteiger partial charge in [-0.25, -0.2) is 4.98 Å². The Kier molecular flexibility index (Phi) is 5.40. The fraction of sp³-hybridized carbons (Fsp3) is 0.348. The lowest BCUT2D eigenvalue weighted by Crippen LogP contribution is -2.42. The van der Waals surface area contributed by atoms with Gasteiger partial charge in [0.2, 0.25) is 11.9 Å². The highest BCUT2D eigenvalue weighted by Gasteiger charge is 2.40. The summed E-state index contributed by atoms with van der Waals surface area (Å²) in [5.41, 5.74) is 2.42. The number of hydrogen-bond acceptors (Lipinski definition) is 5. The molecule has 0 saturated carbocycles. The highest BCUT2D eigenvalue weighted by atomic mass is 16.5. The van der Waals surface area contributed by atoms with Gasteiger partial charge < -0.3 is 10.1 Å². The Morgan fingerprint density at radius 3 is 2.58 bits per heavy atom. The predicted molar refractivity (Wildman–Crippen MR) is 118 cm³/mol. The summed E-state index contributed by atoms with van der Waals surface area (Å²) in [5, 5.41) is 2.89. The van der Waals surface area contributed by atoms with E-state index in [-0.39, 0.29) is 18.2 Å². The second-order valence-corrected chi connectivity index (χ2v) is 7.85. The zero-order valence-electron chi connectivity index (χ0n) is 17.2. The third-order valence-electron chi connectivity index (χ3n) is 5.86. The Morgan fingerprint density at radius 2 is 1.77 bits per heavy atom. The van der Waals surface area contributed by atoms with Gasteiger partial charge in [0.1, 0.15) is 6.04 Å². The van der Waals surface area contributed by atoms with Crippen LogP contribution in [0.4, 0.5) is 11.6 Å². The molecule has 8 nitrogen and oxygen atoms in total. The molecule has 2 aromatic carbocycles. The number of morpholine rings is 1. The number of amides is 2. The number of fused-ring (bicyclic) bond motifs is 3. The maximum Gasteiger partial charge on any atom is 0.253 e. The number of nitrogens with one attached hydrogen (secondary N) is 1. The van der Waals surface area contributed by atoms with Crippen molar-refractivity contribution in [2.45, 2.75) is 12.5 Å². The van der Waals surface area contributed by atoms with Crippen LogP contribution in [0.2, 0.25) is 0 Å². The van der Waals surface area contributed by atoms with Gasteiger partial charge in [-0.15, -0.1) is 0 Å². The molecule has 2 aliphatic heterocycles. The number of carbonyl (C=O) groups excluding carboxylic acids is 2. The van der Waals surface area contributed by atoms with Crippen LogP contribution in [0.5, 0.6) is 0 Å². The van der Waals surface area contributed by atoms with Crippen LogP contribution in [-0.2, 0) is 14.3 Å². The topological polar surface area (TPSA) is 79.7 Å². The third kappa shape index (κ3) is 3.92. The molecule has 2 aliphatic rings. The van der Waals surface area contributed by atoms with Crippen molar-refractivity contribution in [2.75, 3.05) is 49.6 Å². The van der Waals surface area contributed by atoms with Gasteiger partial charge >= 0.3 is 0 Å². The van der Waals surface area contributed by atoms with Gasteiger partial charge in [0, 0.05) is 31.9 Å². The summed E-state index contributed by atoms with van der Waals surface area (Å²) >= 11 is 0. The quantitative estimate of drug-likeness (QED) is 0.663. The number of carbonyl (C=O) groups is 2. The summed E-state index contributed by atoms with van der Waals surface area (Å²) in [6, 6.07) is 16.4. The molecule has 1 unspecified atom stereocenters. The van der Waals surface area contributed by atoms with Crippen molar-refractivity contribution >= 4 is 34.5 Å². The van der Waals surface area contributed by atoms with Crippen LogP contribution in [0.25, 0.3) is 11.0 Å². The zero-order valence-corrected chi connectivity index (χ0v) is 17.2. The predicted octanol–water partition coefficient (Wildman–Crippen LogP) is 2.28. The molecule has 0 bridgehead atoms. The summed E-state index contributed by atoms with van der Waals surface area (Å²) in [4.78, 5) is 34.9. The lowest BCUT2D eigenvalue weighted by atomic mass is 10.1. The minimum absolute atomic E-state index is 0.0646. The molecule has 8 heteroatoms. The Morgan fingerprint density at radius 1 is 1.03 bits per heavy atom. The number of rotatable bonds is 6. The maximum atomic E-state index is 13.4. The van der Waals surface area contributed by atoms with Gasteiger partial charge in [-0.1, -0.05) is 30.3 Å². The summed E-state index contributed by atoms with van der Waals surface area (Å²) in [7, 11) is 0. The summed E-state index contributed by atoms with van der Waals surface area (Å²) < 4.78 is 7.33. The number of nitrogens with zero attached hydrogens (tertiary/aromatic N) is 4. The fourth-order valence-electron chi connectivity index (χ4n) is 4.28. The Labute approximate surface area is 180 Å². The molecule has 0 aliphatic carbocycles. The van der Waals surface area contributed by atoms with E-state index in [1.54, 1.807) is 4.90 Å². The van der Waals surface area contributed by atoms with E-state index >= 15 is 0 Å². The number of imidazole rings is 1. The number of aromatic nitrogens is 2. The first kappa shape index (κ1) is 19.7. The highest BCUT2D eigenvalue weighted by Crippen LogP contribution is 2.36. The molecule has 1 atom stereocenters. The number of ether oxygens (including phenoxy) is 1. The van der Waals surface area contributed by atoms with Crippen LogP contribution in [0.3, 0.4) is 0 Å². The van der Waals surface area contributed by atoms with Crippen LogP contribution in [0.15, 0.2) is 54.6 Å². The second-order valence-electron chi connectivity index (χ2n) is 7.85. The molecule has 0 radical (unpaired) electrons. The lowest BCUT2D eigenvalue weighted by molar-refractivity contribution is -0.124. The maximum absolute atomic E-state index is 13.4. The molecule has 1 aromatic heterocycles. The minimum atomic E-state index is -0.601. The van der Waals surface area contributed by atoms with Gasteiger partial charge in [0.15, 0.2) is 0 Å². The second kappa shape index (κ2) is 8.49. The monoisotopic (exact) mass is 419 g/mol. The Bertz CT molecular complexity index is 1090. The smallest absolute Gasteiger partial charge is 0.253 e. The number of hydrogen-bond donors (Lipinski definition) is 1. The molecule has 3 aromatic rings. The van der Waals surface area contributed by atoms with Crippen LogP contribution in [0, 0.1) is 0 Å². The van der Waals surface area contributed by atoms with Gasteiger partial charge in [-0.05, 0) is 24.3 Å². The largest absolute Gasteiger partial charge is 0.379 e. The average molecular weight is 419 g/mol. The first-order valence-electron chi connectivity index (χ1n) is 10.6. The van der Waals surface area contributed by atoms with Crippen LogP contribution < -0.4 is 10.2 Å². The summed E-state index contributed by atoms with van der Waals surface area (Å²) in [6.07, 6.45) is 0.0646. The SMILES string of the molecule is O=C(CC1C(=O)N(CCN2CCOCC2)c2nc3ccccc3n21)Nc1ccccc1. The standard InChI is InChI=1S/C23H25N5O3/c29-21(24-17-6-2-1-3-7-17)16-20-22(30)27(11-10-26-12-14-31-15-13-26)23-25-18-8-4-5-9-19(18)28(20)23/h1-9,20H,10-16H2,(H,24,29).